The van der Waals surface area contributed by atoms with Crippen LogP contribution in [0.3, 0.4) is 0 Å². The van der Waals surface area contributed by atoms with Crippen molar-refractivity contribution in [2.24, 2.45) is 0 Å². The van der Waals surface area contributed by atoms with Crippen LogP contribution in [0.15, 0.2) is 42.5 Å². The van der Waals surface area contributed by atoms with Gasteiger partial charge in [-0.25, -0.2) is 0 Å². The van der Waals surface area contributed by atoms with E-state index in [1.807, 2.05) is 12.1 Å². The molecule has 20 heavy (non-hydrogen) atoms. The zero-order valence-electron chi connectivity index (χ0n) is 12.3. The van der Waals surface area contributed by atoms with E-state index in [-0.39, 0.29) is 0 Å². The number of benzene rings is 2. The lowest BCUT2D eigenvalue weighted by molar-refractivity contribution is 0.124. The second-order valence-electron chi connectivity index (χ2n) is 5.00. The van der Waals surface area contributed by atoms with Crippen molar-refractivity contribution in [1.82, 2.24) is 0 Å². The van der Waals surface area contributed by atoms with Crippen LogP contribution in [0.5, 0.6) is 5.75 Å². The average Bonchev–Trinajstić information content (AvgIpc) is 2.50. The van der Waals surface area contributed by atoms with E-state index in [2.05, 4.69) is 37.3 Å². The molecule has 2 aromatic carbocycles. The maximum Gasteiger partial charge on any atom is 0.127 e. The van der Waals surface area contributed by atoms with Gasteiger partial charge in [-0.3, -0.25) is 0 Å². The molecule has 0 unspecified atom stereocenters. The second-order valence-corrected chi connectivity index (χ2v) is 5.00. The van der Waals surface area contributed by atoms with Crippen molar-refractivity contribution in [1.29, 1.82) is 0 Å². The molecule has 0 aliphatic rings. The first-order chi connectivity index (χ1) is 9.92. The van der Waals surface area contributed by atoms with Gasteiger partial charge in [0.2, 0.25) is 0 Å². The number of rotatable bonds is 9. The Morgan fingerprint density at radius 1 is 0.800 bits per heavy atom. The predicted octanol–water partition coefficient (Wildman–Crippen LogP) is 4.82. The Labute approximate surface area is 121 Å². The van der Waals surface area contributed by atoms with E-state index in [0.717, 1.165) is 44.8 Å². The maximum atomic E-state index is 5.89. The molecule has 0 radical (unpaired) electrons. The van der Waals surface area contributed by atoms with Crippen molar-refractivity contribution in [2.45, 2.75) is 32.6 Å². The van der Waals surface area contributed by atoms with Crippen LogP contribution in [0.2, 0.25) is 0 Å². The van der Waals surface area contributed by atoms with Gasteiger partial charge in [0.05, 0.1) is 6.61 Å². The van der Waals surface area contributed by atoms with E-state index >= 15 is 0 Å². The highest BCUT2D eigenvalue weighted by Crippen LogP contribution is 2.25. The predicted molar refractivity (Wildman–Crippen MR) is 84.4 cm³/mol. The average molecular weight is 272 g/mol. The van der Waals surface area contributed by atoms with Crippen LogP contribution in [0.25, 0.3) is 10.8 Å². The Morgan fingerprint density at radius 2 is 1.55 bits per heavy atom. The summed E-state index contributed by atoms with van der Waals surface area (Å²) in [5.41, 5.74) is 0. The third-order valence-corrected chi connectivity index (χ3v) is 3.33. The molecule has 0 saturated heterocycles. The molecule has 108 valence electrons. The van der Waals surface area contributed by atoms with Gasteiger partial charge in [-0.15, -0.1) is 0 Å². The molecule has 2 rings (SSSR count). The summed E-state index contributed by atoms with van der Waals surface area (Å²) in [6.45, 7) is 4.67. The van der Waals surface area contributed by atoms with Crippen molar-refractivity contribution in [3.63, 3.8) is 0 Å². The minimum Gasteiger partial charge on any atom is -0.493 e. The topological polar surface area (TPSA) is 18.5 Å². The Balaban J connectivity index is 1.71. The number of hydrogen-bond donors (Lipinski definition) is 0. The molecule has 0 aromatic heterocycles. The van der Waals surface area contributed by atoms with Crippen molar-refractivity contribution in [3.8, 4) is 5.75 Å². The summed E-state index contributed by atoms with van der Waals surface area (Å²) in [6, 6.07) is 14.5. The van der Waals surface area contributed by atoms with Gasteiger partial charge in [0.25, 0.3) is 0 Å². The van der Waals surface area contributed by atoms with Gasteiger partial charge in [0, 0.05) is 18.6 Å². The maximum absolute atomic E-state index is 5.89. The summed E-state index contributed by atoms with van der Waals surface area (Å²) in [5.74, 6) is 0.981. The van der Waals surface area contributed by atoms with E-state index in [1.54, 1.807) is 0 Å². The highest BCUT2D eigenvalue weighted by Gasteiger charge is 2.00. The van der Waals surface area contributed by atoms with E-state index in [1.165, 1.54) is 17.2 Å². The molecule has 0 spiro atoms. The standard InChI is InChI=1S/C18H24O2/c1-2-3-13-19-14-6-7-15-20-18-12-8-10-16-9-4-5-11-17(16)18/h4-5,8-12H,2-3,6-7,13-15H2,1H3. The molecule has 0 aliphatic heterocycles. The first-order valence-electron chi connectivity index (χ1n) is 7.60. The fourth-order valence-electron chi connectivity index (χ4n) is 2.16. The second kappa shape index (κ2) is 8.60. The van der Waals surface area contributed by atoms with Crippen LogP contribution in [0.1, 0.15) is 32.6 Å². The quantitative estimate of drug-likeness (QED) is 0.609. The molecule has 2 nitrogen and oxygen atoms in total. The van der Waals surface area contributed by atoms with E-state index in [4.69, 9.17) is 9.47 Å². The minimum atomic E-state index is 0.755. The lowest BCUT2D eigenvalue weighted by Crippen LogP contribution is -2.02. The first kappa shape index (κ1) is 14.9. The minimum absolute atomic E-state index is 0.755. The molecule has 2 heteroatoms. The van der Waals surface area contributed by atoms with Crippen molar-refractivity contribution >= 4 is 10.8 Å². The van der Waals surface area contributed by atoms with Crippen LogP contribution in [-0.4, -0.2) is 19.8 Å². The molecule has 0 N–H and O–H groups in total. The van der Waals surface area contributed by atoms with Gasteiger partial charge in [0.15, 0.2) is 0 Å². The molecular weight excluding hydrogens is 248 g/mol. The van der Waals surface area contributed by atoms with Crippen LogP contribution < -0.4 is 4.74 Å². The van der Waals surface area contributed by atoms with E-state index in [0.29, 0.717) is 0 Å². The number of fused-ring (bicyclic) bond motifs is 1. The van der Waals surface area contributed by atoms with Crippen LogP contribution in [-0.2, 0) is 4.74 Å². The summed E-state index contributed by atoms with van der Waals surface area (Å²) in [6.07, 6.45) is 4.46. The molecule has 0 heterocycles. The van der Waals surface area contributed by atoms with E-state index in [9.17, 15) is 0 Å². The first-order valence-corrected chi connectivity index (χ1v) is 7.60. The molecule has 0 bridgehead atoms. The summed E-state index contributed by atoms with van der Waals surface area (Å²) < 4.78 is 11.4. The van der Waals surface area contributed by atoms with Gasteiger partial charge < -0.3 is 9.47 Å². The summed E-state index contributed by atoms with van der Waals surface area (Å²) >= 11 is 0. The SMILES string of the molecule is CCCCOCCCCOc1cccc2ccccc12. The Bertz CT molecular complexity index is 502. The molecule has 2 aromatic rings. The van der Waals surface area contributed by atoms with Gasteiger partial charge in [-0.2, -0.15) is 0 Å². The number of unbranched alkanes of at least 4 members (excludes halogenated alkanes) is 2. The summed E-state index contributed by atoms with van der Waals surface area (Å²) in [4.78, 5) is 0. The Hall–Kier alpha value is -1.54. The zero-order valence-corrected chi connectivity index (χ0v) is 12.3. The molecule has 0 atom stereocenters. The Morgan fingerprint density at radius 3 is 2.45 bits per heavy atom. The van der Waals surface area contributed by atoms with Crippen LogP contribution >= 0.6 is 0 Å². The van der Waals surface area contributed by atoms with Gasteiger partial charge in [0.1, 0.15) is 5.75 Å². The molecule has 0 saturated carbocycles. The van der Waals surface area contributed by atoms with Crippen molar-refractivity contribution in [2.75, 3.05) is 19.8 Å². The molecule has 0 amide bonds. The summed E-state index contributed by atoms with van der Waals surface area (Å²) in [7, 11) is 0. The molecular formula is C18H24O2. The lowest BCUT2D eigenvalue weighted by Gasteiger charge is -2.09. The molecule has 0 aliphatic carbocycles. The monoisotopic (exact) mass is 272 g/mol. The van der Waals surface area contributed by atoms with E-state index < -0.39 is 0 Å². The normalized spacial score (nSPS) is 10.8. The third-order valence-electron chi connectivity index (χ3n) is 3.33. The molecule has 0 fully saturated rings. The van der Waals surface area contributed by atoms with Crippen molar-refractivity contribution < 1.29 is 9.47 Å². The van der Waals surface area contributed by atoms with Crippen molar-refractivity contribution in [3.05, 3.63) is 42.5 Å². The smallest absolute Gasteiger partial charge is 0.127 e. The zero-order chi connectivity index (χ0) is 14.0. The van der Waals surface area contributed by atoms with Crippen LogP contribution in [0, 0.1) is 0 Å². The third kappa shape index (κ3) is 4.53. The summed E-state index contributed by atoms with van der Waals surface area (Å²) in [5, 5.41) is 2.42. The fraction of sp³-hybridized carbons (Fsp3) is 0.444. The highest BCUT2D eigenvalue weighted by molar-refractivity contribution is 5.88. The van der Waals surface area contributed by atoms with Crippen LogP contribution in [0.4, 0.5) is 0 Å². The van der Waals surface area contributed by atoms with Gasteiger partial charge in [-0.1, -0.05) is 49.7 Å². The number of hydrogen-bond acceptors (Lipinski definition) is 2. The lowest BCUT2D eigenvalue weighted by atomic mass is 10.1. The fourth-order valence-corrected chi connectivity index (χ4v) is 2.16. The van der Waals surface area contributed by atoms with Gasteiger partial charge >= 0.3 is 0 Å². The highest BCUT2D eigenvalue weighted by atomic mass is 16.5. The number of ether oxygens (including phenoxy) is 2. The van der Waals surface area contributed by atoms with Gasteiger partial charge in [-0.05, 0) is 30.7 Å². The largest absolute Gasteiger partial charge is 0.493 e. The Kier molecular flexibility index (Phi) is 6.39.